The number of nitrogens with zero attached hydrogens (tertiary/aromatic N) is 5. The second-order valence-corrected chi connectivity index (χ2v) is 8.64. The third-order valence-electron chi connectivity index (χ3n) is 5.37. The van der Waals surface area contributed by atoms with E-state index in [-0.39, 0.29) is 11.7 Å². The molecule has 2 N–H and O–H groups in total. The highest BCUT2D eigenvalue weighted by atomic mass is 32.2. The number of aromatic amines is 1. The summed E-state index contributed by atoms with van der Waals surface area (Å²) in [6, 6.07) is 15.7. The van der Waals surface area contributed by atoms with E-state index in [4.69, 9.17) is 0 Å². The van der Waals surface area contributed by atoms with Crippen molar-refractivity contribution >= 4 is 23.4 Å². The van der Waals surface area contributed by atoms with E-state index in [0.717, 1.165) is 29.2 Å². The molecule has 1 fully saturated rings. The van der Waals surface area contributed by atoms with Gasteiger partial charge in [-0.05, 0) is 55.2 Å². The van der Waals surface area contributed by atoms with E-state index >= 15 is 0 Å². The first-order chi connectivity index (χ1) is 15.7. The Bertz CT molecular complexity index is 1230. The third kappa shape index (κ3) is 4.43. The van der Waals surface area contributed by atoms with Gasteiger partial charge in [0.15, 0.2) is 11.0 Å². The Balaban J connectivity index is 1.20. The molecule has 0 bridgehead atoms. The molecule has 2 aromatic heterocycles. The van der Waals surface area contributed by atoms with Crippen LogP contribution in [-0.4, -0.2) is 41.6 Å². The van der Waals surface area contributed by atoms with E-state index in [2.05, 4.69) is 43.7 Å². The molecule has 1 aliphatic carbocycles. The van der Waals surface area contributed by atoms with E-state index in [9.17, 15) is 4.79 Å². The third-order valence-corrected chi connectivity index (χ3v) is 6.32. The highest BCUT2D eigenvalue weighted by Crippen LogP contribution is 2.38. The van der Waals surface area contributed by atoms with Crippen LogP contribution in [-0.2, 0) is 11.2 Å². The Morgan fingerprint density at radius 3 is 2.78 bits per heavy atom. The Hall–Kier alpha value is -3.46. The molecule has 2 heterocycles. The SMILES string of the molecule is CCc1ccccc1-n1cnnc1SCC(=O)Nc1ccc(-c2n[nH]c(C3CC3)n2)cc1. The van der Waals surface area contributed by atoms with Crippen molar-refractivity contribution in [2.75, 3.05) is 11.1 Å². The normalized spacial score (nSPS) is 13.3. The number of anilines is 1. The largest absolute Gasteiger partial charge is 0.325 e. The number of carbonyl (C=O) groups is 1. The summed E-state index contributed by atoms with van der Waals surface area (Å²) in [6.07, 6.45) is 4.95. The van der Waals surface area contributed by atoms with Crippen molar-refractivity contribution in [3.05, 3.63) is 66.2 Å². The smallest absolute Gasteiger partial charge is 0.234 e. The van der Waals surface area contributed by atoms with E-state index in [1.807, 2.05) is 47.0 Å². The highest BCUT2D eigenvalue weighted by Gasteiger charge is 2.27. The number of H-pyrrole nitrogens is 1. The van der Waals surface area contributed by atoms with Gasteiger partial charge in [-0.25, -0.2) is 4.98 Å². The topological polar surface area (TPSA) is 101 Å². The molecule has 0 atom stereocenters. The maximum atomic E-state index is 12.5. The van der Waals surface area contributed by atoms with Crippen molar-refractivity contribution in [2.45, 2.75) is 37.3 Å². The molecule has 1 amide bonds. The Morgan fingerprint density at radius 1 is 1.19 bits per heavy atom. The maximum Gasteiger partial charge on any atom is 0.234 e. The van der Waals surface area contributed by atoms with Crippen LogP contribution in [0.2, 0.25) is 0 Å². The number of aryl methyl sites for hydroxylation is 1. The Morgan fingerprint density at radius 2 is 2.00 bits per heavy atom. The van der Waals surface area contributed by atoms with Crippen molar-refractivity contribution in [1.82, 2.24) is 29.9 Å². The first-order valence-electron chi connectivity index (χ1n) is 10.6. The van der Waals surface area contributed by atoms with Crippen molar-refractivity contribution in [1.29, 1.82) is 0 Å². The number of hydrogen-bond acceptors (Lipinski definition) is 6. The zero-order valence-electron chi connectivity index (χ0n) is 17.7. The first kappa shape index (κ1) is 20.4. The molecule has 8 nitrogen and oxygen atoms in total. The lowest BCUT2D eigenvalue weighted by Crippen LogP contribution is -2.14. The molecule has 0 aliphatic heterocycles. The standard InChI is InChI=1S/C23H23N7OS/c1-2-15-5-3-4-6-19(15)30-14-24-29-23(30)32-13-20(31)25-18-11-9-17(10-12-18)22-26-21(27-28-22)16-7-8-16/h3-6,9-12,14,16H,2,7-8,13H2,1H3,(H,25,31)(H,26,27,28). The monoisotopic (exact) mass is 445 g/mol. The van der Waals surface area contributed by atoms with Gasteiger partial charge < -0.3 is 5.32 Å². The molecule has 1 aliphatic rings. The summed E-state index contributed by atoms with van der Waals surface area (Å²) in [4.78, 5) is 17.1. The minimum absolute atomic E-state index is 0.102. The molecular weight excluding hydrogens is 422 g/mol. The number of aromatic nitrogens is 6. The van der Waals surface area contributed by atoms with Gasteiger partial charge in [-0.15, -0.1) is 10.2 Å². The predicted octanol–water partition coefficient (Wildman–Crippen LogP) is 4.22. The van der Waals surface area contributed by atoms with Gasteiger partial charge >= 0.3 is 0 Å². The van der Waals surface area contributed by atoms with Gasteiger partial charge in [0.05, 0.1) is 11.4 Å². The molecule has 1 saturated carbocycles. The van der Waals surface area contributed by atoms with E-state index in [1.165, 1.54) is 30.2 Å². The minimum atomic E-state index is -0.102. The summed E-state index contributed by atoms with van der Waals surface area (Å²) in [6.45, 7) is 2.11. The lowest BCUT2D eigenvalue weighted by Gasteiger charge is -2.10. The van der Waals surface area contributed by atoms with Crippen LogP contribution >= 0.6 is 11.8 Å². The van der Waals surface area contributed by atoms with Gasteiger partial charge in [-0.2, -0.15) is 5.10 Å². The van der Waals surface area contributed by atoms with Gasteiger partial charge in [-0.3, -0.25) is 14.5 Å². The molecule has 0 radical (unpaired) electrons. The maximum absolute atomic E-state index is 12.5. The minimum Gasteiger partial charge on any atom is -0.325 e. The van der Waals surface area contributed by atoms with Crippen LogP contribution in [0.25, 0.3) is 17.1 Å². The van der Waals surface area contributed by atoms with Crippen LogP contribution < -0.4 is 5.32 Å². The van der Waals surface area contributed by atoms with Crippen molar-refractivity contribution in [3.8, 4) is 17.1 Å². The van der Waals surface area contributed by atoms with Gasteiger partial charge in [0, 0.05) is 17.2 Å². The number of amides is 1. The molecule has 5 rings (SSSR count). The molecule has 0 spiro atoms. The lowest BCUT2D eigenvalue weighted by molar-refractivity contribution is -0.113. The van der Waals surface area contributed by atoms with Crippen LogP contribution in [0.1, 0.15) is 37.1 Å². The van der Waals surface area contributed by atoms with E-state index in [0.29, 0.717) is 16.9 Å². The second-order valence-electron chi connectivity index (χ2n) is 7.70. The Labute approximate surface area is 189 Å². The molecule has 9 heteroatoms. The predicted molar refractivity (Wildman–Crippen MR) is 124 cm³/mol. The first-order valence-corrected chi connectivity index (χ1v) is 11.6. The summed E-state index contributed by atoms with van der Waals surface area (Å²) in [5.41, 5.74) is 3.89. The van der Waals surface area contributed by atoms with Gasteiger partial charge in [0.2, 0.25) is 5.91 Å². The average Bonchev–Trinajstić information content (AvgIpc) is 3.37. The van der Waals surface area contributed by atoms with Crippen molar-refractivity contribution < 1.29 is 4.79 Å². The molecule has 162 valence electrons. The van der Waals surface area contributed by atoms with Crippen LogP contribution in [0.3, 0.4) is 0 Å². The number of hydrogen-bond donors (Lipinski definition) is 2. The quantitative estimate of drug-likeness (QED) is 0.394. The highest BCUT2D eigenvalue weighted by molar-refractivity contribution is 7.99. The zero-order valence-corrected chi connectivity index (χ0v) is 18.5. The van der Waals surface area contributed by atoms with E-state index < -0.39 is 0 Å². The Kier molecular flexibility index (Phi) is 5.72. The van der Waals surface area contributed by atoms with Crippen molar-refractivity contribution in [3.63, 3.8) is 0 Å². The van der Waals surface area contributed by atoms with Crippen LogP contribution in [0.4, 0.5) is 5.69 Å². The van der Waals surface area contributed by atoms with Crippen LogP contribution in [0, 0.1) is 0 Å². The number of para-hydroxylation sites is 1. The summed E-state index contributed by atoms with van der Waals surface area (Å²) >= 11 is 1.36. The fourth-order valence-corrected chi connectivity index (χ4v) is 4.23. The van der Waals surface area contributed by atoms with Gasteiger partial charge in [0.1, 0.15) is 12.2 Å². The lowest BCUT2D eigenvalue weighted by atomic mass is 10.1. The molecule has 2 aromatic carbocycles. The molecule has 0 saturated heterocycles. The average molecular weight is 446 g/mol. The molecule has 32 heavy (non-hydrogen) atoms. The molecule has 0 unspecified atom stereocenters. The molecule has 4 aromatic rings. The fourth-order valence-electron chi connectivity index (χ4n) is 3.51. The second kappa shape index (κ2) is 8.96. The number of nitrogens with one attached hydrogen (secondary N) is 2. The number of rotatable bonds is 8. The summed E-state index contributed by atoms with van der Waals surface area (Å²) < 4.78 is 1.93. The zero-order chi connectivity index (χ0) is 21.9. The van der Waals surface area contributed by atoms with E-state index in [1.54, 1.807) is 6.33 Å². The van der Waals surface area contributed by atoms with Gasteiger partial charge in [0.25, 0.3) is 0 Å². The number of thioether (sulfide) groups is 1. The summed E-state index contributed by atoms with van der Waals surface area (Å²) in [7, 11) is 0. The van der Waals surface area contributed by atoms with Crippen LogP contribution in [0.15, 0.2) is 60.0 Å². The van der Waals surface area contributed by atoms with Crippen molar-refractivity contribution in [2.24, 2.45) is 0 Å². The van der Waals surface area contributed by atoms with Crippen LogP contribution in [0.5, 0.6) is 0 Å². The van der Waals surface area contributed by atoms with Gasteiger partial charge in [-0.1, -0.05) is 36.9 Å². The summed E-state index contributed by atoms with van der Waals surface area (Å²) in [5.74, 6) is 2.32. The number of benzene rings is 2. The number of carbonyl (C=O) groups excluding carboxylic acids is 1. The fraction of sp³-hybridized carbons (Fsp3) is 0.261. The summed E-state index contributed by atoms with van der Waals surface area (Å²) in [5, 5.41) is 19.2. The molecular formula is C23H23N7OS.